The van der Waals surface area contributed by atoms with Crippen molar-refractivity contribution in [2.24, 2.45) is 11.7 Å². The van der Waals surface area contributed by atoms with E-state index in [-0.39, 0.29) is 6.54 Å². The lowest BCUT2D eigenvalue weighted by Gasteiger charge is -2.31. The van der Waals surface area contributed by atoms with Crippen LogP contribution < -0.4 is 16.4 Å². The van der Waals surface area contributed by atoms with Crippen LogP contribution in [0, 0.1) is 5.92 Å². The van der Waals surface area contributed by atoms with Crippen LogP contribution in [-0.2, 0) is 24.0 Å². The Morgan fingerprint density at radius 2 is 1.60 bits per heavy atom. The molecule has 1 rings (SSSR count). The van der Waals surface area contributed by atoms with E-state index in [1.807, 2.05) is 0 Å². The number of carbonyl (C=O) groups is 5. The van der Waals surface area contributed by atoms with E-state index in [0.29, 0.717) is 12.8 Å². The number of carbonyl (C=O) groups excluding carboxylic acids is 3. The minimum atomic E-state index is -1.49. The van der Waals surface area contributed by atoms with Crippen LogP contribution in [0.4, 0.5) is 0 Å². The molecule has 12 nitrogen and oxygen atoms in total. The first-order valence-electron chi connectivity index (χ1n) is 9.66. The number of nitrogens with two attached hydrogens (primary N) is 1. The van der Waals surface area contributed by atoms with Crippen molar-refractivity contribution in [3.8, 4) is 0 Å². The molecule has 0 bridgehead atoms. The topological polar surface area (TPSA) is 199 Å². The number of hydrogen-bond acceptors (Lipinski definition) is 7. The lowest BCUT2D eigenvalue weighted by atomic mass is 10.0. The van der Waals surface area contributed by atoms with Gasteiger partial charge in [-0.3, -0.25) is 19.2 Å². The van der Waals surface area contributed by atoms with Gasteiger partial charge in [-0.05, 0) is 25.7 Å². The van der Waals surface area contributed by atoms with Crippen LogP contribution in [0.3, 0.4) is 0 Å². The first-order valence-corrected chi connectivity index (χ1v) is 9.66. The second-order valence-electron chi connectivity index (χ2n) is 7.69. The van der Waals surface area contributed by atoms with E-state index < -0.39 is 72.3 Å². The molecule has 0 aromatic carbocycles. The highest BCUT2D eigenvalue weighted by Crippen LogP contribution is 2.20. The molecule has 1 saturated heterocycles. The Kier molecular flexibility index (Phi) is 9.18. The SMILES string of the molecule is CC(C)C(NC(=O)C(NC(=O)C(N)CC(=O)O)C(C)O)C(=O)N1CCCC1C(=O)O. The van der Waals surface area contributed by atoms with Gasteiger partial charge in [0.25, 0.3) is 0 Å². The van der Waals surface area contributed by atoms with E-state index in [1.54, 1.807) is 13.8 Å². The number of nitrogens with one attached hydrogen (secondary N) is 2. The summed E-state index contributed by atoms with van der Waals surface area (Å²) in [5.74, 6) is -5.23. The fraction of sp³-hybridized carbons (Fsp3) is 0.722. The van der Waals surface area contributed by atoms with E-state index in [9.17, 15) is 34.2 Å². The maximum Gasteiger partial charge on any atom is 0.326 e. The summed E-state index contributed by atoms with van der Waals surface area (Å²) in [6.45, 7) is 4.80. The highest BCUT2D eigenvalue weighted by atomic mass is 16.4. The maximum absolute atomic E-state index is 12.9. The molecule has 5 atom stereocenters. The van der Waals surface area contributed by atoms with Gasteiger partial charge in [0.05, 0.1) is 18.6 Å². The number of hydrogen-bond donors (Lipinski definition) is 6. The second-order valence-corrected chi connectivity index (χ2v) is 7.69. The second kappa shape index (κ2) is 10.9. The third-order valence-corrected chi connectivity index (χ3v) is 4.85. The Morgan fingerprint density at radius 3 is 2.07 bits per heavy atom. The number of aliphatic carboxylic acids is 2. The molecular formula is C18H30N4O8. The van der Waals surface area contributed by atoms with Crippen LogP contribution in [0.15, 0.2) is 0 Å². The summed E-state index contributed by atoms with van der Waals surface area (Å²) in [5, 5.41) is 32.6. The number of nitrogens with zero attached hydrogens (tertiary/aromatic N) is 1. The van der Waals surface area contributed by atoms with Crippen LogP contribution in [0.2, 0.25) is 0 Å². The molecule has 0 aromatic rings. The van der Waals surface area contributed by atoms with Gasteiger partial charge in [-0.2, -0.15) is 0 Å². The van der Waals surface area contributed by atoms with Gasteiger partial charge in [0.15, 0.2) is 0 Å². The Morgan fingerprint density at radius 1 is 1.03 bits per heavy atom. The maximum atomic E-state index is 12.9. The Bertz CT molecular complexity index is 681. The normalized spacial score (nSPS) is 20.2. The number of carboxylic acids is 2. The van der Waals surface area contributed by atoms with Gasteiger partial charge in [0, 0.05) is 6.54 Å². The largest absolute Gasteiger partial charge is 0.481 e. The third-order valence-electron chi connectivity index (χ3n) is 4.85. The predicted octanol–water partition coefficient (Wildman–Crippen LogP) is -2.13. The summed E-state index contributed by atoms with van der Waals surface area (Å²) in [6, 6.07) is -4.97. The van der Waals surface area contributed by atoms with Crippen molar-refractivity contribution in [1.82, 2.24) is 15.5 Å². The standard InChI is InChI=1S/C18H30N4O8/c1-8(2)13(17(28)22-6-4-5-11(22)18(29)30)20-16(27)14(9(3)23)21-15(26)10(19)7-12(24)25/h8-11,13-14,23H,4-7,19H2,1-3H3,(H,20,27)(H,21,26)(H,24,25)(H,29,30). The number of likely N-dealkylation sites (tertiary alicyclic amines) is 1. The first kappa shape index (κ1) is 25.3. The quantitative estimate of drug-likeness (QED) is 0.224. The molecule has 0 aliphatic carbocycles. The van der Waals surface area contributed by atoms with Crippen molar-refractivity contribution in [3.63, 3.8) is 0 Å². The minimum absolute atomic E-state index is 0.246. The zero-order valence-corrected chi connectivity index (χ0v) is 17.2. The van der Waals surface area contributed by atoms with E-state index in [0.717, 1.165) is 0 Å². The third kappa shape index (κ3) is 6.66. The van der Waals surface area contributed by atoms with Gasteiger partial charge in [0.1, 0.15) is 18.1 Å². The number of amides is 3. The van der Waals surface area contributed by atoms with Gasteiger partial charge in [0.2, 0.25) is 17.7 Å². The summed E-state index contributed by atoms with van der Waals surface area (Å²) in [4.78, 5) is 60.9. The molecule has 170 valence electrons. The molecule has 0 saturated carbocycles. The number of rotatable bonds is 10. The predicted molar refractivity (Wildman–Crippen MR) is 103 cm³/mol. The van der Waals surface area contributed by atoms with Crippen molar-refractivity contribution in [2.75, 3.05) is 6.54 Å². The Labute approximate surface area is 173 Å². The average Bonchev–Trinajstić information content (AvgIpc) is 3.12. The summed E-state index contributed by atoms with van der Waals surface area (Å²) in [5.41, 5.74) is 5.47. The Hall–Kier alpha value is -2.73. The van der Waals surface area contributed by atoms with Crippen LogP contribution in [0.25, 0.3) is 0 Å². The van der Waals surface area contributed by atoms with E-state index >= 15 is 0 Å². The lowest BCUT2D eigenvalue weighted by Crippen LogP contribution is -2.60. The zero-order valence-electron chi connectivity index (χ0n) is 17.2. The monoisotopic (exact) mass is 430 g/mol. The minimum Gasteiger partial charge on any atom is -0.481 e. The zero-order chi connectivity index (χ0) is 23.2. The molecule has 0 spiro atoms. The van der Waals surface area contributed by atoms with Gasteiger partial charge in [-0.15, -0.1) is 0 Å². The lowest BCUT2D eigenvalue weighted by molar-refractivity contribution is -0.150. The van der Waals surface area contributed by atoms with Crippen LogP contribution in [-0.4, -0.2) is 86.7 Å². The summed E-state index contributed by atoms with van der Waals surface area (Å²) in [7, 11) is 0. The summed E-state index contributed by atoms with van der Waals surface area (Å²) in [6.07, 6.45) is -1.20. The van der Waals surface area contributed by atoms with E-state index in [4.69, 9.17) is 10.8 Å². The smallest absolute Gasteiger partial charge is 0.326 e. The number of aliphatic hydroxyl groups excluding tert-OH is 1. The Balaban J connectivity index is 2.93. The van der Waals surface area contributed by atoms with Gasteiger partial charge >= 0.3 is 11.9 Å². The highest BCUT2D eigenvalue weighted by molar-refractivity contribution is 5.95. The van der Waals surface area contributed by atoms with Gasteiger partial charge in [-0.25, -0.2) is 4.79 Å². The highest BCUT2D eigenvalue weighted by Gasteiger charge is 2.40. The molecule has 1 aliphatic heterocycles. The van der Waals surface area contributed by atoms with Gasteiger partial charge in [-0.1, -0.05) is 13.8 Å². The number of carboxylic acid groups (broad SMARTS) is 2. The molecular weight excluding hydrogens is 400 g/mol. The van der Waals surface area contributed by atoms with Crippen LogP contribution in [0.5, 0.6) is 0 Å². The van der Waals surface area contributed by atoms with E-state index in [2.05, 4.69) is 10.6 Å². The fourth-order valence-corrected chi connectivity index (χ4v) is 3.17. The van der Waals surface area contributed by atoms with Crippen LogP contribution in [0.1, 0.15) is 40.0 Å². The average molecular weight is 430 g/mol. The van der Waals surface area contributed by atoms with Crippen molar-refractivity contribution in [3.05, 3.63) is 0 Å². The van der Waals surface area contributed by atoms with Crippen molar-refractivity contribution in [2.45, 2.75) is 70.3 Å². The molecule has 1 fully saturated rings. The molecule has 0 radical (unpaired) electrons. The molecule has 30 heavy (non-hydrogen) atoms. The van der Waals surface area contributed by atoms with Gasteiger partial charge < -0.3 is 36.6 Å². The molecule has 1 heterocycles. The fourth-order valence-electron chi connectivity index (χ4n) is 3.17. The van der Waals surface area contributed by atoms with Crippen molar-refractivity contribution in [1.29, 1.82) is 0 Å². The van der Waals surface area contributed by atoms with Crippen molar-refractivity contribution >= 4 is 29.7 Å². The molecule has 7 N–H and O–H groups in total. The molecule has 12 heteroatoms. The first-order chi connectivity index (χ1) is 13.9. The summed E-state index contributed by atoms with van der Waals surface area (Å²) >= 11 is 0. The molecule has 3 amide bonds. The van der Waals surface area contributed by atoms with E-state index in [1.165, 1.54) is 11.8 Å². The molecule has 1 aliphatic rings. The molecule has 0 aromatic heterocycles. The number of aliphatic hydroxyl groups is 1. The summed E-state index contributed by atoms with van der Waals surface area (Å²) < 4.78 is 0. The van der Waals surface area contributed by atoms with Crippen molar-refractivity contribution < 1.29 is 39.3 Å². The van der Waals surface area contributed by atoms with Crippen LogP contribution >= 0.6 is 0 Å². The molecule has 5 unspecified atom stereocenters.